The first-order valence-electron chi connectivity index (χ1n) is 10.1. The van der Waals surface area contributed by atoms with Crippen LogP contribution in [0.4, 0.5) is 5.69 Å². The summed E-state index contributed by atoms with van der Waals surface area (Å²) < 4.78 is 10.1. The standard InChI is InChI=1S/C21H34N4O3.HI/c1-22-21(23-14-9-5-4-6-12-20(26)28-3)24-17-13-15-25(16-17)18-10-7-8-11-19(18)27-2;/h7-8,10-11,17H,4-6,9,12-16H2,1-3H3,(H2,22,23,24);1H. The van der Waals surface area contributed by atoms with Gasteiger partial charge in [0.25, 0.3) is 0 Å². The molecule has 1 aromatic carbocycles. The molecule has 0 aliphatic carbocycles. The van der Waals surface area contributed by atoms with Gasteiger partial charge in [-0.15, -0.1) is 24.0 Å². The van der Waals surface area contributed by atoms with E-state index in [0.29, 0.717) is 12.5 Å². The van der Waals surface area contributed by atoms with E-state index in [9.17, 15) is 4.79 Å². The number of hydrogen-bond donors (Lipinski definition) is 2. The van der Waals surface area contributed by atoms with Gasteiger partial charge in [0.2, 0.25) is 0 Å². The summed E-state index contributed by atoms with van der Waals surface area (Å²) in [5.41, 5.74) is 1.14. The fourth-order valence-electron chi connectivity index (χ4n) is 3.43. The summed E-state index contributed by atoms with van der Waals surface area (Å²) in [6, 6.07) is 8.51. The fourth-order valence-corrected chi connectivity index (χ4v) is 3.43. The van der Waals surface area contributed by atoms with Crippen molar-refractivity contribution in [2.45, 2.75) is 44.6 Å². The van der Waals surface area contributed by atoms with Gasteiger partial charge in [-0.25, -0.2) is 0 Å². The maximum absolute atomic E-state index is 11.1. The highest BCUT2D eigenvalue weighted by molar-refractivity contribution is 14.0. The molecule has 1 saturated heterocycles. The lowest BCUT2D eigenvalue weighted by molar-refractivity contribution is -0.140. The zero-order valence-electron chi connectivity index (χ0n) is 17.8. The number of benzene rings is 1. The number of esters is 1. The van der Waals surface area contributed by atoms with Crippen molar-refractivity contribution in [2.24, 2.45) is 4.99 Å². The van der Waals surface area contributed by atoms with E-state index in [1.54, 1.807) is 14.2 Å². The van der Waals surface area contributed by atoms with Crippen LogP contribution in [0.5, 0.6) is 5.75 Å². The first-order chi connectivity index (χ1) is 13.7. The van der Waals surface area contributed by atoms with Crippen LogP contribution in [0.15, 0.2) is 29.3 Å². The molecule has 2 rings (SSSR count). The topological polar surface area (TPSA) is 75.2 Å². The zero-order chi connectivity index (χ0) is 20.2. The molecule has 8 heteroatoms. The fraction of sp³-hybridized carbons (Fsp3) is 0.619. The molecular weight excluding hydrogens is 483 g/mol. The van der Waals surface area contributed by atoms with Gasteiger partial charge in [0.05, 0.1) is 19.9 Å². The number of nitrogens with one attached hydrogen (secondary N) is 2. The SMILES string of the molecule is CN=C(NCCCCCCC(=O)OC)NC1CCN(c2ccccc2OC)C1.I. The molecule has 1 fully saturated rings. The van der Waals surface area contributed by atoms with Crippen molar-refractivity contribution in [3.05, 3.63) is 24.3 Å². The zero-order valence-corrected chi connectivity index (χ0v) is 20.1. The number of guanidine groups is 1. The van der Waals surface area contributed by atoms with Gasteiger partial charge in [-0.3, -0.25) is 9.79 Å². The molecule has 1 heterocycles. The van der Waals surface area contributed by atoms with Gasteiger partial charge < -0.3 is 25.0 Å². The van der Waals surface area contributed by atoms with E-state index in [1.807, 2.05) is 18.2 Å². The van der Waals surface area contributed by atoms with Crippen LogP contribution in [0, 0.1) is 0 Å². The predicted octanol–water partition coefficient (Wildman–Crippen LogP) is 3.18. The molecule has 1 aliphatic heterocycles. The minimum atomic E-state index is -0.124. The van der Waals surface area contributed by atoms with E-state index in [1.165, 1.54) is 7.11 Å². The summed E-state index contributed by atoms with van der Waals surface area (Å²) in [4.78, 5) is 17.8. The molecule has 1 aliphatic rings. The van der Waals surface area contributed by atoms with Crippen LogP contribution < -0.4 is 20.3 Å². The van der Waals surface area contributed by atoms with Gasteiger partial charge in [-0.2, -0.15) is 0 Å². The molecular formula is C21H35IN4O3. The third-order valence-corrected chi connectivity index (χ3v) is 5.01. The van der Waals surface area contributed by atoms with Crippen LogP contribution in [-0.2, 0) is 9.53 Å². The Hall–Kier alpha value is -1.71. The first kappa shape index (κ1) is 25.3. The second kappa shape index (κ2) is 14.3. The average molecular weight is 518 g/mol. The molecule has 1 unspecified atom stereocenters. The Balaban J connectivity index is 0.00000420. The van der Waals surface area contributed by atoms with Crippen LogP contribution >= 0.6 is 24.0 Å². The van der Waals surface area contributed by atoms with E-state index >= 15 is 0 Å². The van der Waals surface area contributed by atoms with Crippen LogP contribution in [0.3, 0.4) is 0 Å². The van der Waals surface area contributed by atoms with E-state index in [4.69, 9.17) is 4.74 Å². The lowest BCUT2D eigenvalue weighted by Crippen LogP contribution is -2.44. The summed E-state index contributed by atoms with van der Waals surface area (Å²) >= 11 is 0. The Bertz CT molecular complexity index is 642. The third kappa shape index (κ3) is 8.67. The number of carbonyl (C=O) groups excluding carboxylic acids is 1. The quantitative estimate of drug-likeness (QED) is 0.163. The number of carbonyl (C=O) groups is 1. The number of hydrogen-bond acceptors (Lipinski definition) is 5. The Labute approximate surface area is 191 Å². The molecule has 0 amide bonds. The number of methoxy groups -OCH3 is 2. The van der Waals surface area contributed by atoms with Crippen LogP contribution in [0.25, 0.3) is 0 Å². The van der Waals surface area contributed by atoms with Gasteiger partial charge in [0.15, 0.2) is 5.96 Å². The molecule has 164 valence electrons. The normalized spacial score (nSPS) is 16.2. The smallest absolute Gasteiger partial charge is 0.305 e. The maximum atomic E-state index is 11.1. The maximum Gasteiger partial charge on any atom is 0.305 e. The Morgan fingerprint density at radius 1 is 1.21 bits per heavy atom. The molecule has 0 saturated carbocycles. The van der Waals surface area contributed by atoms with Gasteiger partial charge in [0.1, 0.15) is 5.75 Å². The molecule has 1 atom stereocenters. The molecule has 0 spiro atoms. The van der Waals surface area contributed by atoms with E-state index in [0.717, 1.165) is 69.1 Å². The first-order valence-corrected chi connectivity index (χ1v) is 10.1. The molecule has 0 radical (unpaired) electrons. The van der Waals surface area contributed by atoms with E-state index in [2.05, 4.69) is 31.3 Å². The second-order valence-electron chi connectivity index (χ2n) is 6.99. The monoisotopic (exact) mass is 518 g/mol. The number of unbranched alkanes of at least 4 members (excludes halogenated alkanes) is 3. The highest BCUT2D eigenvalue weighted by Gasteiger charge is 2.25. The summed E-state index contributed by atoms with van der Waals surface area (Å²) in [5.74, 6) is 1.64. The number of para-hydroxylation sites is 2. The van der Waals surface area contributed by atoms with Crippen molar-refractivity contribution >= 4 is 41.6 Å². The molecule has 2 N–H and O–H groups in total. The summed E-state index contributed by atoms with van der Waals surface area (Å²) in [6.07, 6.45) is 5.65. The van der Waals surface area contributed by atoms with Gasteiger partial charge in [-0.05, 0) is 31.4 Å². The number of anilines is 1. The van der Waals surface area contributed by atoms with Crippen molar-refractivity contribution in [1.29, 1.82) is 0 Å². The number of ether oxygens (including phenoxy) is 2. The van der Waals surface area contributed by atoms with Gasteiger partial charge in [-0.1, -0.05) is 25.0 Å². The average Bonchev–Trinajstić information content (AvgIpc) is 3.20. The second-order valence-corrected chi connectivity index (χ2v) is 6.99. The molecule has 0 aromatic heterocycles. The van der Waals surface area contributed by atoms with Crippen LogP contribution in [0.1, 0.15) is 38.5 Å². The summed E-state index contributed by atoms with van der Waals surface area (Å²) in [7, 11) is 4.95. The van der Waals surface area contributed by atoms with E-state index < -0.39 is 0 Å². The molecule has 0 bridgehead atoms. The lowest BCUT2D eigenvalue weighted by atomic mass is 10.1. The van der Waals surface area contributed by atoms with Crippen molar-refractivity contribution in [3.8, 4) is 5.75 Å². The van der Waals surface area contributed by atoms with Crippen molar-refractivity contribution in [2.75, 3.05) is 45.8 Å². The molecule has 1 aromatic rings. The van der Waals surface area contributed by atoms with Crippen molar-refractivity contribution in [3.63, 3.8) is 0 Å². The highest BCUT2D eigenvalue weighted by atomic mass is 127. The molecule has 29 heavy (non-hydrogen) atoms. The lowest BCUT2D eigenvalue weighted by Gasteiger charge is -2.22. The summed E-state index contributed by atoms with van der Waals surface area (Å²) in [6.45, 7) is 2.80. The number of halogens is 1. The Kier molecular flexibility index (Phi) is 12.5. The number of rotatable bonds is 10. The predicted molar refractivity (Wildman–Crippen MR) is 129 cm³/mol. The van der Waals surface area contributed by atoms with E-state index in [-0.39, 0.29) is 29.9 Å². The Morgan fingerprint density at radius 3 is 2.69 bits per heavy atom. The highest BCUT2D eigenvalue weighted by Crippen LogP contribution is 2.30. The van der Waals surface area contributed by atoms with Crippen molar-refractivity contribution in [1.82, 2.24) is 10.6 Å². The minimum absolute atomic E-state index is 0. The van der Waals surface area contributed by atoms with Gasteiger partial charge in [0, 0.05) is 39.1 Å². The van der Waals surface area contributed by atoms with Crippen molar-refractivity contribution < 1.29 is 14.3 Å². The number of nitrogens with zero attached hydrogens (tertiary/aromatic N) is 2. The third-order valence-electron chi connectivity index (χ3n) is 5.01. The summed E-state index contributed by atoms with van der Waals surface area (Å²) in [5, 5.41) is 6.91. The van der Waals surface area contributed by atoms with Crippen LogP contribution in [-0.4, -0.2) is 58.9 Å². The van der Waals surface area contributed by atoms with Crippen LogP contribution in [0.2, 0.25) is 0 Å². The van der Waals surface area contributed by atoms with Gasteiger partial charge >= 0.3 is 5.97 Å². The minimum Gasteiger partial charge on any atom is -0.495 e. The Morgan fingerprint density at radius 2 is 1.97 bits per heavy atom. The largest absolute Gasteiger partial charge is 0.495 e. The number of aliphatic imine (C=N–C) groups is 1. The molecule has 7 nitrogen and oxygen atoms in total.